The molecular formula is C12H24O2. The largest absolute Gasteiger partial charge is 0.390 e. The van der Waals surface area contributed by atoms with Gasteiger partial charge < -0.3 is 9.84 Å². The first-order valence-electron chi connectivity index (χ1n) is 5.98. The van der Waals surface area contributed by atoms with E-state index in [0.717, 1.165) is 38.7 Å². The van der Waals surface area contributed by atoms with Gasteiger partial charge in [-0.15, -0.1) is 0 Å². The van der Waals surface area contributed by atoms with Crippen molar-refractivity contribution in [2.75, 3.05) is 6.61 Å². The van der Waals surface area contributed by atoms with Gasteiger partial charge in [0.1, 0.15) is 0 Å². The van der Waals surface area contributed by atoms with Gasteiger partial charge in [-0.3, -0.25) is 0 Å². The van der Waals surface area contributed by atoms with E-state index in [0.29, 0.717) is 6.10 Å². The quantitative estimate of drug-likeness (QED) is 0.714. The number of ether oxygens (including phenoxy) is 1. The van der Waals surface area contributed by atoms with Crippen molar-refractivity contribution < 1.29 is 9.84 Å². The molecule has 0 aromatic carbocycles. The fourth-order valence-electron chi connectivity index (χ4n) is 2.25. The zero-order chi connectivity index (χ0) is 10.4. The summed E-state index contributed by atoms with van der Waals surface area (Å²) in [6.07, 6.45) is 8.03. The molecule has 0 aromatic heterocycles. The summed E-state index contributed by atoms with van der Waals surface area (Å²) in [5, 5.41) is 9.95. The first kappa shape index (κ1) is 12.0. The molecule has 2 atom stereocenters. The molecule has 0 aliphatic carbocycles. The van der Waals surface area contributed by atoms with Crippen LogP contribution in [0.2, 0.25) is 0 Å². The van der Waals surface area contributed by atoms with Crippen LogP contribution in [0.25, 0.3) is 0 Å². The van der Waals surface area contributed by atoms with Gasteiger partial charge in [0.25, 0.3) is 0 Å². The lowest BCUT2D eigenvalue weighted by Gasteiger charge is -2.23. The van der Waals surface area contributed by atoms with Crippen LogP contribution in [0.1, 0.15) is 58.8 Å². The summed E-state index contributed by atoms with van der Waals surface area (Å²) in [5.74, 6) is 0. The van der Waals surface area contributed by atoms with Gasteiger partial charge in [0, 0.05) is 6.61 Å². The number of hydrogen-bond acceptors (Lipinski definition) is 2. The highest BCUT2D eigenvalue weighted by Gasteiger charge is 2.20. The second-order valence-corrected chi connectivity index (χ2v) is 4.77. The second kappa shape index (κ2) is 5.72. The SMILES string of the molecule is CCCC(C)(O)CCCC1CCCO1. The standard InChI is InChI=1S/C12H24O2/c1-3-8-12(2,13)9-4-6-11-7-5-10-14-11/h11,13H,3-10H2,1-2H3. The molecule has 2 unspecified atom stereocenters. The first-order valence-corrected chi connectivity index (χ1v) is 5.98. The normalized spacial score (nSPS) is 26.4. The Morgan fingerprint density at radius 2 is 2.21 bits per heavy atom. The molecule has 2 nitrogen and oxygen atoms in total. The topological polar surface area (TPSA) is 29.5 Å². The summed E-state index contributed by atoms with van der Waals surface area (Å²) >= 11 is 0. The average Bonchev–Trinajstić information content (AvgIpc) is 2.56. The highest BCUT2D eigenvalue weighted by molar-refractivity contribution is 4.73. The Balaban J connectivity index is 2.07. The molecule has 1 rings (SSSR count). The second-order valence-electron chi connectivity index (χ2n) is 4.77. The third kappa shape index (κ3) is 4.43. The van der Waals surface area contributed by atoms with Crippen molar-refractivity contribution in [2.45, 2.75) is 70.5 Å². The molecule has 0 radical (unpaired) electrons. The Labute approximate surface area is 87.7 Å². The van der Waals surface area contributed by atoms with E-state index >= 15 is 0 Å². The predicted octanol–water partition coefficient (Wildman–Crippen LogP) is 2.89. The van der Waals surface area contributed by atoms with Crippen LogP contribution in [-0.4, -0.2) is 23.4 Å². The Kier molecular flexibility index (Phi) is 4.90. The van der Waals surface area contributed by atoms with Gasteiger partial charge in [-0.25, -0.2) is 0 Å². The van der Waals surface area contributed by atoms with Crippen LogP contribution in [0, 0.1) is 0 Å². The van der Waals surface area contributed by atoms with Gasteiger partial charge in [-0.2, -0.15) is 0 Å². The molecule has 0 saturated carbocycles. The minimum absolute atomic E-state index is 0.451. The fraction of sp³-hybridized carbons (Fsp3) is 1.00. The van der Waals surface area contributed by atoms with Crippen LogP contribution in [0.15, 0.2) is 0 Å². The lowest BCUT2D eigenvalue weighted by atomic mass is 9.93. The van der Waals surface area contributed by atoms with Gasteiger partial charge >= 0.3 is 0 Å². The molecule has 0 amide bonds. The molecule has 2 heteroatoms. The maximum Gasteiger partial charge on any atom is 0.0619 e. The molecule has 1 aliphatic heterocycles. The number of rotatable bonds is 6. The maximum absolute atomic E-state index is 9.95. The Hall–Kier alpha value is -0.0800. The summed E-state index contributed by atoms with van der Waals surface area (Å²) in [6.45, 7) is 5.01. The van der Waals surface area contributed by atoms with Crippen molar-refractivity contribution in [3.05, 3.63) is 0 Å². The highest BCUT2D eigenvalue weighted by atomic mass is 16.5. The van der Waals surface area contributed by atoms with E-state index in [1.165, 1.54) is 12.8 Å². The van der Waals surface area contributed by atoms with Crippen molar-refractivity contribution in [1.82, 2.24) is 0 Å². The lowest BCUT2D eigenvalue weighted by Crippen LogP contribution is -2.23. The average molecular weight is 200 g/mol. The van der Waals surface area contributed by atoms with Gasteiger partial charge in [-0.1, -0.05) is 13.3 Å². The highest BCUT2D eigenvalue weighted by Crippen LogP contribution is 2.23. The van der Waals surface area contributed by atoms with E-state index in [1.807, 2.05) is 6.92 Å². The molecule has 0 spiro atoms. The fourth-order valence-corrected chi connectivity index (χ4v) is 2.25. The molecular weight excluding hydrogens is 176 g/mol. The van der Waals surface area contributed by atoms with E-state index in [4.69, 9.17) is 4.74 Å². The van der Waals surface area contributed by atoms with Gasteiger partial charge in [0.05, 0.1) is 11.7 Å². The third-order valence-electron chi connectivity index (χ3n) is 3.05. The number of aliphatic hydroxyl groups is 1. The predicted molar refractivity (Wildman–Crippen MR) is 58.4 cm³/mol. The minimum Gasteiger partial charge on any atom is -0.390 e. The van der Waals surface area contributed by atoms with Crippen molar-refractivity contribution >= 4 is 0 Å². The van der Waals surface area contributed by atoms with Crippen LogP contribution in [0.4, 0.5) is 0 Å². The molecule has 14 heavy (non-hydrogen) atoms. The summed E-state index contributed by atoms with van der Waals surface area (Å²) < 4.78 is 5.55. The van der Waals surface area contributed by atoms with Crippen molar-refractivity contribution in [1.29, 1.82) is 0 Å². The zero-order valence-corrected chi connectivity index (χ0v) is 9.59. The summed E-state index contributed by atoms with van der Waals surface area (Å²) in [4.78, 5) is 0. The lowest BCUT2D eigenvalue weighted by molar-refractivity contribution is 0.0320. The summed E-state index contributed by atoms with van der Waals surface area (Å²) in [6, 6.07) is 0. The van der Waals surface area contributed by atoms with E-state index in [2.05, 4.69) is 6.92 Å². The van der Waals surface area contributed by atoms with Crippen LogP contribution < -0.4 is 0 Å². The van der Waals surface area contributed by atoms with Gasteiger partial charge in [0.15, 0.2) is 0 Å². The molecule has 84 valence electrons. The zero-order valence-electron chi connectivity index (χ0n) is 9.59. The number of hydrogen-bond donors (Lipinski definition) is 1. The van der Waals surface area contributed by atoms with Crippen LogP contribution in [0.3, 0.4) is 0 Å². The molecule has 0 bridgehead atoms. The van der Waals surface area contributed by atoms with E-state index in [1.54, 1.807) is 0 Å². The molecule has 0 aromatic rings. The van der Waals surface area contributed by atoms with Crippen molar-refractivity contribution in [3.63, 3.8) is 0 Å². The van der Waals surface area contributed by atoms with E-state index in [-0.39, 0.29) is 0 Å². The third-order valence-corrected chi connectivity index (χ3v) is 3.05. The molecule has 1 fully saturated rings. The maximum atomic E-state index is 9.95. The van der Waals surface area contributed by atoms with E-state index < -0.39 is 5.60 Å². The van der Waals surface area contributed by atoms with Gasteiger partial charge in [-0.05, 0) is 45.4 Å². The summed E-state index contributed by atoms with van der Waals surface area (Å²) in [5.41, 5.74) is -0.451. The molecule has 1 saturated heterocycles. The monoisotopic (exact) mass is 200 g/mol. The minimum atomic E-state index is -0.451. The van der Waals surface area contributed by atoms with E-state index in [9.17, 15) is 5.11 Å². The Morgan fingerprint density at radius 1 is 1.43 bits per heavy atom. The Morgan fingerprint density at radius 3 is 2.79 bits per heavy atom. The van der Waals surface area contributed by atoms with Crippen molar-refractivity contribution in [3.8, 4) is 0 Å². The molecule has 1 aliphatic rings. The molecule has 1 heterocycles. The Bertz CT molecular complexity index is 148. The van der Waals surface area contributed by atoms with Crippen LogP contribution in [0.5, 0.6) is 0 Å². The smallest absolute Gasteiger partial charge is 0.0619 e. The van der Waals surface area contributed by atoms with Crippen LogP contribution in [-0.2, 0) is 4.74 Å². The van der Waals surface area contributed by atoms with Gasteiger partial charge in [0.2, 0.25) is 0 Å². The van der Waals surface area contributed by atoms with Crippen molar-refractivity contribution in [2.24, 2.45) is 0 Å². The first-order chi connectivity index (χ1) is 6.64. The van der Waals surface area contributed by atoms with Crippen LogP contribution >= 0.6 is 0 Å². The summed E-state index contributed by atoms with van der Waals surface area (Å²) in [7, 11) is 0. The molecule has 1 N–H and O–H groups in total.